The molecule has 13 heavy (non-hydrogen) atoms. The molecule has 0 saturated carbocycles. The Bertz CT molecular complexity index is 378. The fraction of sp³-hybridized carbons (Fsp3) is 0.0833. The first kappa shape index (κ1) is 7.82. The van der Waals surface area contributed by atoms with Crippen LogP contribution in [0.1, 0.15) is 11.5 Å². The van der Waals surface area contributed by atoms with E-state index in [1.807, 2.05) is 36.4 Å². The molecule has 0 fully saturated rings. The Morgan fingerprint density at radius 2 is 1.62 bits per heavy atom. The number of rotatable bonds is 1. The molecule has 62 valence electrons. The summed E-state index contributed by atoms with van der Waals surface area (Å²) in [6, 6.07) is 7.75. The fourth-order valence-corrected chi connectivity index (χ4v) is 1.43. The molecule has 2 rings (SSSR count). The van der Waals surface area contributed by atoms with Gasteiger partial charge in [0, 0.05) is 5.92 Å². The zero-order valence-corrected chi connectivity index (χ0v) is 7.14. The van der Waals surface area contributed by atoms with E-state index in [1.54, 1.807) is 0 Å². The third-order valence-electron chi connectivity index (χ3n) is 2.16. The maximum absolute atomic E-state index is 6.82. The van der Waals surface area contributed by atoms with Crippen molar-refractivity contribution >= 4 is 5.69 Å². The van der Waals surface area contributed by atoms with Crippen LogP contribution >= 0.6 is 0 Å². The highest BCUT2D eigenvalue weighted by molar-refractivity contribution is 5.47. The molecule has 0 atom stereocenters. The zero-order valence-electron chi connectivity index (χ0n) is 7.14. The van der Waals surface area contributed by atoms with Crippen LogP contribution in [0.4, 0.5) is 5.69 Å². The lowest BCUT2D eigenvalue weighted by Crippen LogP contribution is -1.86. The van der Waals surface area contributed by atoms with Crippen LogP contribution in [-0.4, -0.2) is 0 Å². The van der Waals surface area contributed by atoms with Gasteiger partial charge < -0.3 is 0 Å². The maximum atomic E-state index is 6.82. The van der Waals surface area contributed by atoms with Crippen molar-refractivity contribution < 1.29 is 0 Å². The van der Waals surface area contributed by atoms with E-state index in [-0.39, 0.29) is 0 Å². The Kier molecular flexibility index (Phi) is 1.97. The summed E-state index contributed by atoms with van der Waals surface area (Å²) >= 11 is 0. The maximum Gasteiger partial charge on any atom is 0.187 e. The van der Waals surface area contributed by atoms with Crippen molar-refractivity contribution in [1.29, 1.82) is 0 Å². The Balaban J connectivity index is 2.28. The molecule has 0 bridgehead atoms. The lowest BCUT2D eigenvalue weighted by molar-refractivity contribution is 1.11. The molecule has 1 aliphatic carbocycles. The second-order valence-electron chi connectivity index (χ2n) is 3.00. The summed E-state index contributed by atoms with van der Waals surface area (Å²) in [6.45, 7) is 6.82. The second-order valence-corrected chi connectivity index (χ2v) is 3.00. The van der Waals surface area contributed by atoms with Crippen LogP contribution in [0.3, 0.4) is 0 Å². The van der Waals surface area contributed by atoms with Crippen molar-refractivity contribution in [2.75, 3.05) is 0 Å². The van der Waals surface area contributed by atoms with E-state index in [0.29, 0.717) is 11.6 Å². The van der Waals surface area contributed by atoms with Crippen LogP contribution in [0.2, 0.25) is 0 Å². The molecule has 0 aliphatic heterocycles. The van der Waals surface area contributed by atoms with Crippen molar-refractivity contribution in [3.05, 3.63) is 65.6 Å². The lowest BCUT2D eigenvalue weighted by atomic mass is 10.0. The summed E-state index contributed by atoms with van der Waals surface area (Å²) in [7, 11) is 0. The summed E-state index contributed by atoms with van der Waals surface area (Å²) < 4.78 is 0. The summed E-state index contributed by atoms with van der Waals surface area (Å²) in [6.07, 6.45) is 8.39. The summed E-state index contributed by atoms with van der Waals surface area (Å²) in [5, 5.41) is 0. The molecule has 0 heterocycles. The van der Waals surface area contributed by atoms with Crippen molar-refractivity contribution in [3.8, 4) is 0 Å². The third kappa shape index (κ3) is 1.52. The zero-order chi connectivity index (χ0) is 9.10. The Labute approximate surface area is 77.8 Å². The van der Waals surface area contributed by atoms with E-state index in [2.05, 4.69) is 17.0 Å². The highest BCUT2D eigenvalue weighted by atomic mass is 14.6. The van der Waals surface area contributed by atoms with Gasteiger partial charge in [0.05, 0.1) is 6.57 Å². The minimum absolute atomic E-state index is 0.403. The third-order valence-corrected chi connectivity index (χ3v) is 2.16. The van der Waals surface area contributed by atoms with Gasteiger partial charge in [-0.15, -0.1) is 0 Å². The molecule has 0 saturated heterocycles. The molecule has 1 aromatic rings. The second kappa shape index (κ2) is 3.28. The van der Waals surface area contributed by atoms with Crippen LogP contribution < -0.4 is 0 Å². The molecule has 0 spiro atoms. The topological polar surface area (TPSA) is 4.36 Å². The van der Waals surface area contributed by atoms with Gasteiger partial charge in [0.15, 0.2) is 5.69 Å². The van der Waals surface area contributed by atoms with Gasteiger partial charge in [0.25, 0.3) is 0 Å². The van der Waals surface area contributed by atoms with Crippen molar-refractivity contribution in [3.63, 3.8) is 0 Å². The van der Waals surface area contributed by atoms with Gasteiger partial charge >= 0.3 is 0 Å². The summed E-state index contributed by atoms with van der Waals surface area (Å²) in [5.74, 6) is 0.403. The predicted octanol–water partition coefficient (Wildman–Crippen LogP) is 3.45. The molecule has 0 unspecified atom stereocenters. The van der Waals surface area contributed by atoms with Crippen LogP contribution in [0.5, 0.6) is 0 Å². The minimum Gasteiger partial charge on any atom is -0.238 e. The van der Waals surface area contributed by atoms with E-state index >= 15 is 0 Å². The van der Waals surface area contributed by atoms with Crippen molar-refractivity contribution in [2.45, 2.75) is 5.92 Å². The highest BCUT2D eigenvalue weighted by Crippen LogP contribution is 2.24. The first-order valence-corrected chi connectivity index (χ1v) is 4.22. The number of nitrogens with zero attached hydrogens (tertiary/aromatic N) is 1. The molecule has 0 radical (unpaired) electrons. The molecule has 1 aliphatic rings. The number of hydrogen-bond donors (Lipinski definition) is 0. The van der Waals surface area contributed by atoms with E-state index in [9.17, 15) is 0 Å². The molecule has 1 nitrogen and oxygen atoms in total. The SMILES string of the molecule is [C-]#[N+]c1ccc(C2C=CC=C2)cc1. The van der Waals surface area contributed by atoms with Crippen LogP contribution in [0.25, 0.3) is 4.85 Å². The molecular weight excluding hydrogens is 158 g/mol. The summed E-state index contributed by atoms with van der Waals surface area (Å²) in [4.78, 5) is 3.35. The standard InChI is InChI=1S/C12H9N/c1-13-12-8-6-11(7-9-12)10-4-2-3-5-10/h2-10H. The van der Waals surface area contributed by atoms with Crippen LogP contribution in [0.15, 0.2) is 48.6 Å². The number of allylic oxidation sites excluding steroid dienone is 4. The first-order valence-electron chi connectivity index (χ1n) is 4.22. The summed E-state index contributed by atoms with van der Waals surface area (Å²) in [5.41, 5.74) is 1.95. The van der Waals surface area contributed by atoms with Gasteiger partial charge in [-0.25, -0.2) is 4.85 Å². The highest BCUT2D eigenvalue weighted by Gasteiger charge is 2.05. The molecule has 0 aromatic heterocycles. The fourth-order valence-electron chi connectivity index (χ4n) is 1.43. The molecule has 0 amide bonds. The van der Waals surface area contributed by atoms with Gasteiger partial charge in [0.1, 0.15) is 0 Å². The quantitative estimate of drug-likeness (QED) is 0.564. The monoisotopic (exact) mass is 167 g/mol. The van der Waals surface area contributed by atoms with E-state index < -0.39 is 0 Å². The first-order chi connectivity index (χ1) is 6.40. The smallest absolute Gasteiger partial charge is 0.187 e. The molecule has 1 heteroatoms. The number of hydrogen-bond acceptors (Lipinski definition) is 0. The van der Waals surface area contributed by atoms with E-state index in [4.69, 9.17) is 6.57 Å². The molecule has 0 N–H and O–H groups in total. The van der Waals surface area contributed by atoms with Gasteiger partial charge in [0.2, 0.25) is 0 Å². The van der Waals surface area contributed by atoms with E-state index in [0.717, 1.165) is 0 Å². The Morgan fingerprint density at radius 1 is 1.00 bits per heavy atom. The largest absolute Gasteiger partial charge is 0.238 e. The number of benzene rings is 1. The van der Waals surface area contributed by atoms with Gasteiger partial charge in [-0.05, 0) is 5.56 Å². The van der Waals surface area contributed by atoms with Gasteiger partial charge in [-0.3, -0.25) is 0 Å². The Morgan fingerprint density at radius 3 is 2.15 bits per heavy atom. The average Bonchev–Trinajstić information content (AvgIpc) is 2.71. The van der Waals surface area contributed by atoms with Gasteiger partial charge in [-0.1, -0.05) is 48.6 Å². The van der Waals surface area contributed by atoms with Crippen LogP contribution in [0, 0.1) is 6.57 Å². The normalized spacial score (nSPS) is 14.7. The van der Waals surface area contributed by atoms with Crippen molar-refractivity contribution in [1.82, 2.24) is 0 Å². The molecule has 1 aromatic carbocycles. The lowest BCUT2D eigenvalue weighted by Gasteiger charge is -2.04. The van der Waals surface area contributed by atoms with E-state index in [1.165, 1.54) is 5.56 Å². The predicted molar refractivity (Wildman–Crippen MR) is 53.7 cm³/mol. The minimum atomic E-state index is 0.403. The Hall–Kier alpha value is -1.81. The molecular formula is C12H9N. The average molecular weight is 167 g/mol. The van der Waals surface area contributed by atoms with Crippen LogP contribution in [-0.2, 0) is 0 Å². The van der Waals surface area contributed by atoms with Gasteiger partial charge in [-0.2, -0.15) is 0 Å². The van der Waals surface area contributed by atoms with Crippen molar-refractivity contribution in [2.24, 2.45) is 0 Å².